The number of nitrogens with zero attached hydrogens (tertiary/aromatic N) is 2. The van der Waals surface area contributed by atoms with Gasteiger partial charge in [-0.3, -0.25) is 4.90 Å². The molecule has 0 saturated carbocycles. The summed E-state index contributed by atoms with van der Waals surface area (Å²) in [6, 6.07) is 18.7. The summed E-state index contributed by atoms with van der Waals surface area (Å²) in [5.74, 6) is 0. The van der Waals surface area contributed by atoms with Gasteiger partial charge in [-0.25, -0.2) is 13.1 Å². The van der Waals surface area contributed by atoms with Crippen molar-refractivity contribution in [2.75, 3.05) is 39.8 Å². The van der Waals surface area contributed by atoms with E-state index in [9.17, 15) is 8.42 Å². The predicted molar refractivity (Wildman–Crippen MR) is 99.9 cm³/mol. The summed E-state index contributed by atoms with van der Waals surface area (Å²) in [5.41, 5.74) is 1.14. The molecule has 1 aliphatic rings. The van der Waals surface area contributed by atoms with Crippen LogP contribution in [0, 0.1) is 0 Å². The maximum atomic E-state index is 12.6. The molecule has 0 unspecified atom stereocenters. The lowest BCUT2D eigenvalue weighted by atomic mass is 10.0. The number of benzene rings is 2. The molecule has 1 atom stereocenters. The van der Waals surface area contributed by atoms with E-state index in [1.807, 2.05) is 24.3 Å². The average molecular weight is 359 g/mol. The number of likely N-dealkylation sites (N-methyl/N-ethyl adjacent to an activating group) is 1. The van der Waals surface area contributed by atoms with Crippen LogP contribution in [0.1, 0.15) is 11.6 Å². The van der Waals surface area contributed by atoms with Crippen LogP contribution in [0.2, 0.25) is 0 Å². The second-order valence-electron chi connectivity index (χ2n) is 6.43. The lowest BCUT2D eigenvalue weighted by molar-refractivity contribution is 0.113. The maximum Gasteiger partial charge on any atom is 0.240 e. The molecule has 1 aliphatic heterocycles. The van der Waals surface area contributed by atoms with Crippen molar-refractivity contribution >= 4 is 10.0 Å². The van der Waals surface area contributed by atoms with Crippen molar-refractivity contribution in [2.45, 2.75) is 10.9 Å². The van der Waals surface area contributed by atoms with Crippen molar-refractivity contribution in [1.29, 1.82) is 0 Å². The van der Waals surface area contributed by atoms with Crippen LogP contribution in [-0.2, 0) is 10.0 Å². The van der Waals surface area contributed by atoms with E-state index >= 15 is 0 Å². The van der Waals surface area contributed by atoms with Crippen molar-refractivity contribution < 1.29 is 8.42 Å². The van der Waals surface area contributed by atoms with E-state index in [-0.39, 0.29) is 6.04 Å². The molecule has 5 nitrogen and oxygen atoms in total. The first-order valence-electron chi connectivity index (χ1n) is 8.58. The molecule has 0 radical (unpaired) electrons. The lowest BCUT2D eigenvalue weighted by Crippen LogP contribution is -2.48. The Balaban J connectivity index is 1.76. The number of sulfonamides is 1. The van der Waals surface area contributed by atoms with Gasteiger partial charge in [0.05, 0.1) is 4.90 Å². The smallest absolute Gasteiger partial charge is 0.240 e. The molecule has 1 fully saturated rings. The van der Waals surface area contributed by atoms with E-state index in [1.165, 1.54) is 0 Å². The average Bonchev–Trinajstić information content (AvgIpc) is 2.65. The van der Waals surface area contributed by atoms with Crippen LogP contribution in [-0.4, -0.2) is 58.0 Å². The minimum Gasteiger partial charge on any atom is -0.304 e. The number of piperazine rings is 1. The lowest BCUT2D eigenvalue weighted by Gasteiger charge is -2.38. The third-order valence-corrected chi connectivity index (χ3v) is 6.12. The van der Waals surface area contributed by atoms with Gasteiger partial charge in [-0.05, 0) is 24.7 Å². The predicted octanol–water partition coefficient (Wildman–Crippen LogP) is 1.95. The monoisotopic (exact) mass is 359 g/mol. The highest BCUT2D eigenvalue weighted by atomic mass is 32.2. The number of hydrogen-bond donors (Lipinski definition) is 1. The van der Waals surface area contributed by atoms with Crippen LogP contribution in [0.15, 0.2) is 65.6 Å². The Hall–Kier alpha value is -1.73. The minimum absolute atomic E-state index is 0.0355. The van der Waals surface area contributed by atoms with Gasteiger partial charge in [-0.1, -0.05) is 48.5 Å². The standard InChI is InChI=1S/C19H25N3O2S/c1-21-12-14-22(15-13-21)19(17-8-4-2-5-9-17)16-20-25(23,24)18-10-6-3-7-11-18/h2-11,19-20H,12-16H2,1H3/t19-/m0/s1. The van der Waals surface area contributed by atoms with Crippen LogP contribution in [0.3, 0.4) is 0 Å². The van der Waals surface area contributed by atoms with E-state index in [2.05, 4.69) is 33.7 Å². The quantitative estimate of drug-likeness (QED) is 0.857. The first kappa shape index (κ1) is 18.1. The van der Waals surface area contributed by atoms with Gasteiger partial charge in [-0.2, -0.15) is 0 Å². The maximum absolute atomic E-state index is 12.6. The summed E-state index contributed by atoms with van der Waals surface area (Å²) >= 11 is 0. The molecule has 6 heteroatoms. The van der Waals surface area contributed by atoms with E-state index < -0.39 is 10.0 Å². The molecule has 2 aromatic carbocycles. The molecule has 0 aromatic heterocycles. The molecular weight excluding hydrogens is 334 g/mol. The van der Waals surface area contributed by atoms with Gasteiger partial charge in [0.15, 0.2) is 0 Å². The van der Waals surface area contributed by atoms with Gasteiger partial charge in [-0.15, -0.1) is 0 Å². The Morgan fingerprint density at radius 3 is 2.08 bits per heavy atom. The van der Waals surface area contributed by atoms with Crippen LogP contribution in [0.4, 0.5) is 0 Å². The fraction of sp³-hybridized carbons (Fsp3) is 0.368. The Morgan fingerprint density at radius 1 is 0.920 bits per heavy atom. The fourth-order valence-electron chi connectivity index (χ4n) is 3.14. The van der Waals surface area contributed by atoms with Gasteiger partial charge in [0.1, 0.15) is 0 Å². The number of nitrogens with one attached hydrogen (secondary N) is 1. The molecule has 3 rings (SSSR count). The second kappa shape index (κ2) is 8.10. The number of rotatable bonds is 6. The Bertz CT molecular complexity index is 758. The van der Waals surface area contributed by atoms with Gasteiger partial charge in [0.2, 0.25) is 10.0 Å². The summed E-state index contributed by atoms with van der Waals surface area (Å²) in [5, 5.41) is 0. The molecule has 1 heterocycles. The van der Waals surface area contributed by atoms with Gasteiger partial charge >= 0.3 is 0 Å². The highest BCUT2D eigenvalue weighted by Gasteiger charge is 2.25. The van der Waals surface area contributed by atoms with Crippen molar-refractivity contribution in [3.63, 3.8) is 0 Å². The van der Waals surface area contributed by atoms with E-state index in [0.29, 0.717) is 11.4 Å². The molecule has 25 heavy (non-hydrogen) atoms. The molecule has 1 N–H and O–H groups in total. The second-order valence-corrected chi connectivity index (χ2v) is 8.20. The highest BCUT2D eigenvalue weighted by molar-refractivity contribution is 7.89. The molecule has 0 amide bonds. The van der Waals surface area contributed by atoms with Crippen LogP contribution < -0.4 is 4.72 Å². The topological polar surface area (TPSA) is 52.6 Å². The summed E-state index contributed by atoms with van der Waals surface area (Å²) in [7, 11) is -1.38. The third-order valence-electron chi connectivity index (χ3n) is 4.68. The van der Waals surface area contributed by atoms with E-state index in [0.717, 1.165) is 31.7 Å². The fourth-order valence-corrected chi connectivity index (χ4v) is 4.20. The zero-order valence-electron chi connectivity index (χ0n) is 14.5. The number of hydrogen-bond acceptors (Lipinski definition) is 4. The largest absolute Gasteiger partial charge is 0.304 e. The molecule has 1 saturated heterocycles. The van der Waals surface area contributed by atoms with Crippen molar-refractivity contribution in [3.8, 4) is 0 Å². The van der Waals surface area contributed by atoms with Crippen molar-refractivity contribution in [3.05, 3.63) is 66.2 Å². The minimum atomic E-state index is -3.50. The summed E-state index contributed by atoms with van der Waals surface area (Å²) in [4.78, 5) is 4.97. The molecule has 0 bridgehead atoms. The van der Waals surface area contributed by atoms with Crippen LogP contribution >= 0.6 is 0 Å². The molecular formula is C19H25N3O2S. The summed E-state index contributed by atoms with van der Waals surface area (Å²) in [6.07, 6.45) is 0. The Morgan fingerprint density at radius 2 is 1.48 bits per heavy atom. The summed E-state index contributed by atoms with van der Waals surface area (Å²) in [6.45, 7) is 4.22. The first-order chi connectivity index (χ1) is 12.1. The zero-order valence-corrected chi connectivity index (χ0v) is 15.3. The van der Waals surface area contributed by atoms with Gasteiger partial charge < -0.3 is 4.90 Å². The molecule has 134 valence electrons. The van der Waals surface area contributed by atoms with E-state index in [4.69, 9.17) is 0 Å². The molecule has 0 aliphatic carbocycles. The van der Waals surface area contributed by atoms with Crippen molar-refractivity contribution in [2.24, 2.45) is 0 Å². The van der Waals surface area contributed by atoms with Gasteiger partial charge in [0.25, 0.3) is 0 Å². The van der Waals surface area contributed by atoms with Gasteiger partial charge in [0, 0.05) is 38.8 Å². The Kier molecular flexibility index (Phi) is 5.86. The van der Waals surface area contributed by atoms with Crippen LogP contribution in [0.25, 0.3) is 0 Å². The molecule has 2 aromatic rings. The van der Waals surface area contributed by atoms with E-state index in [1.54, 1.807) is 24.3 Å². The SMILES string of the molecule is CN1CCN([C@@H](CNS(=O)(=O)c2ccccc2)c2ccccc2)CC1. The van der Waals surface area contributed by atoms with Crippen LogP contribution in [0.5, 0.6) is 0 Å². The van der Waals surface area contributed by atoms with Crippen molar-refractivity contribution in [1.82, 2.24) is 14.5 Å². The molecule has 0 spiro atoms. The summed E-state index contributed by atoms with van der Waals surface area (Å²) < 4.78 is 27.9. The highest BCUT2D eigenvalue weighted by Crippen LogP contribution is 2.22. The zero-order chi connectivity index (χ0) is 17.7. The third kappa shape index (κ3) is 4.67. The normalized spacial score (nSPS) is 18.1. The first-order valence-corrected chi connectivity index (χ1v) is 10.1. The Labute approximate surface area is 150 Å².